The van der Waals surface area contributed by atoms with Crippen LogP contribution >= 0.6 is 23.5 Å². The Morgan fingerprint density at radius 2 is 2.12 bits per heavy atom. The molecule has 0 aliphatic carbocycles. The molecule has 0 bridgehead atoms. The van der Waals surface area contributed by atoms with Crippen molar-refractivity contribution in [3.63, 3.8) is 0 Å². The van der Waals surface area contributed by atoms with Gasteiger partial charge in [-0.1, -0.05) is 30.4 Å². The monoisotopic (exact) mass is 373 g/mol. The summed E-state index contributed by atoms with van der Waals surface area (Å²) in [6, 6.07) is 6.13. The lowest BCUT2D eigenvalue weighted by molar-refractivity contribution is -0.122. The minimum atomic E-state index is -2.48. The van der Waals surface area contributed by atoms with Crippen molar-refractivity contribution >= 4 is 46.2 Å². The van der Waals surface area contributed by atoms with E-state index in [9.17, 15) is 18.4 Å². The summed E-state index contributed by atoms with van der Waals surface area (Å²) in [7, 11) is 0. The number of amidine groups is 1. The minimum absolute atomic E-state index is 0.0230. The van der Waals surface area contributed by atoms with Gasteiger partial charge in [-0.25, -0.2) is 0 Å². The van der Waals surface area contributed by atoms with E-state index in [0.29, 0.717) is 34.1 Å². The Bertz CT molecular complexity index is 624. The number of rotatable bonds is 7. The Kier molecular flexibility index (Phi) is 7.04. The van der Waals surface area contributed by atoms with Gasteiger partial charge in [0.2, 0.25) is 11.8 Å². The molecule has 0 radical (unpaired) electrons. The number of carbonyl (C=O) groups excluding carboxylic acids is 2. The number of halogens is 2. The van der Waals surface area contributed by atoms with Crippen LogP contribution in [0.2, 0.25) is 0 Å². The van der Waals surface area contributed by atoms with E-state index in [-0.39, 0.29) is 18.2 Å². The summed E-state index contributed by atoms with van der Waals surface area (Å²) in [6.07, 6.45) is 0.903. The summed E-state index contributed by atoms with van der Waals surface area (Å²) in [5, 5.41) is 5.36. The van der Waals surface area contributed by atoms with Crippen molar-refractivity contribution < 1.29 is 18.4 Å². The third kappa shape index (κ3) is 5.79. The van der Waals surface area contributed by atoms with Crippen LogP contribution in [0, 0.1) is 0 Å². The third-order valence-corrected chi connectivity index (χ3v) is 4.83. The van der Waals surface area contributed by atoms with Gasteiger partial charge in [0.25, 0.3) is 5.76 Å². The van der Waals surface area contributed by atoms with Crippen LogP contribution < -0.4 is 10.6 Å². The van der Waals surface area contributed by atoms with E-state index in [1.165, 1.54) is 23.9 Å². The molecular weight excluding hydrogens is 356 g/mol. The van der Waals surface area contributed by atoms with Gasteiger partial charge in [-0.15, -0.1) is 0 Å². The first-order valence-electron chi connectivity index (χ1n) is 7.34. The largest absolute Gasteiger partial charge is 0.326 e. The molecule has 1 heterocycles. The lowest BCUT2D eigenvalue weighted by atomic mass is 10.2. The predicted molar refractivity (Wildman–Crippen MR) is 93.7 cm³/mol. The van der Waals surface area contributed by atoms with E-state index in [1.807, 2.05) is 6.92 Å². The zero-order valence-corrected chi connectivity index (χ0v) is 14.6. The molecule has 0 unspecified atom stereocenters. The van der Waals surface area contributed by atoms with Crippen LogP contribution in [0.15, 0.2) is 34.2 Å². The zero-order valence-electron chi connectivity index (χ0n) is 12.9. The number of nitrogens with zero attached hydrogens (tertiary/aromatic N) is 1. The van der Waals surface area contributed by atoms with Gasteiger partial charge in [0.15, 0.2) is 5.17 Å². The Morgan fingerprint density at radius 3 is 2.75 bits per heavy atom. The Balaban J connectivity index is 1.86. The molecule has 0 saturated carbocycles. The molecule has 1 aromatic carbocycles. The van der Waals surface area contributed by atoms with E-state index >= 15 is 0 Å². The van der Waals surface area contributed by atoms with E-state index in [0.717, 1.165) is 6.42 Å². The highest BCUT2D eigenvalue weighted by atomic mass is 32.2. The molecule has 2 amide bonds. The summed E-state index contributed by atoms with van der Waals surface area (Å²) < 4.78 is 24.5. The molecule has 2 rings (SSSR count). The van der Waals surface area contributed by atoms with Gasteiger partial charge in [0, 0.05) is 23.5 Å². The lowest BCUT2D eigenvalue weighted by Gasteiger charge is -2.08. The number of anilines is 1. The summed E-state index contributed by atoms with van der Waals surface area (Å²) in [6.45, 7) is 2.62. The van der Waals surface area contributed by atoms with Crippen molar-refractivity contribution in [2.45, 2.75) is 35.7 Å². The number of hydrogen-bond acceptors (Lipinski definition) is 5. The van der Waals surface area contributed by atoms with Crippen LogP contribution in [0.1, 0.15) is 19.8 Å². The summed E-state index contributed by atoms with van der Waals surface area (Å²) in [4.78, 5) is 28.5. The van der Waals surface area contributed by atoms with Crippen molar-refractivity contribution in [2.75, 3.05) is 11.9 Å². The Labute approximate surface area is 147 Å². The average Bonchev–Trinajstić information content (AvgIpc) is 2.86. The van der Waals surface area contributed by atoms with Gasteiger partial charge >= 0.3 is 0 Å². The molecule has 1 fully saturated rings. The molecule has 9 heteroatoms. The Morgan fingerprint density at radius 1 is 1.42 bits per heavy atom. The average molecular weight is 373 g/mol. The van der Waals surface area contributed by atoms with Crippen LogP contribution in [0.4, 0.5) is 14.5 Å². The van der Waals surface area contributed by atoms with E-state index in [1.54, 1.807) is 12.1 Å². The molecule has 130 valence electrons. The number of alkyl halides is 2. The summed E-state index contributed by atoms with van der Waals surface area (Å²) in [5.74, 6) is -3.02. The van der Waals surface area contributed by atoms with Crippen LogP contribution in [0.25, 0.3) is 0 Å². The topological polar surface area (TPSA) is 70.6 Å². The van der Waals surface area contributed by atoms with Crippen molar-refractivity contribution in [1.82, 2.24) is 5.32 Å². The fourth-order valence-corrected chi connectivity index (χ4v) is 3.42. The summed E-state index contributed by atoms with van der Waals surface area (Å²) >= 11 is 1.69. The first-order valence-corrected chi connectivity index (χ1v) is 9.10. The standard InChI is InChI=1S/C15H17F2N3O2S2/c1-2-7-18-15-20-13(22)11(24-15)8-12(21)19-9-3-5-10(6-4-9)23-14(16)17/h3-6,11,14H,2,7-8H2,1H3,(H,19,21)(H,18,20,22)/t11-/m1/s1. The van der Waals surface area contributed by atoms with Crippen LogP contribution in [0.3, 0.4) is 0 Å². The molecule has 5 nitrogen and oxygen atoms in total. The molecule has 0 aromatic heterocycles. The highest BCUT2D eigenvalue weighted by Crippen LogP contribution is 2.27. The van der Waals surface area contributed by atoms with Gasteiger partial charge in [0.05, 0.1) is 0 Å². The molecule has 1 aliphatic rings. The van der Waals surface area contributed by atoms with Crippen molar-refractivity contribution in [3.05, 3.63) is 24.3 Å². The number of aliphatic imine (C=N–C) groups is 1. The molecule has 24 heavy (non-hydrogen) atoms. The molecular formula is C15H17F2N3O2S2. The molecule has 1 aliphatic heterocycles. The van der Waals surface area contributed by atoms with E-state index in [2.05, 4.69) is 15.6 Å². The van der Waals surface area contributed by atoms with Crippen LogP contribution in [-0.4, -0.2) is 34.5 Å². The second-order valence-corrected chi connectivity index (χ2v) is 7.19. The number of hydrogen-bond donors (Lipinski definition) is 2. The number of carbonyl (C=O) groups is 2. The van der Waals surface area contributed by atoms with Crippen molar-refractivity contribution in [1.29, 1.82) is 0 Å². The van der Waals surface area contributed by atoms with Gasteiger partial charge in [-0.3, -0.25) is 14.6 Å². The fraction of sp³-hybridized carbons (Fsp3) is 0.400. The van der Waals surface area contributed by atoms with Crippen LogP contribution in [-0.2, 0) is 9.59 Å². The maximum atomic E-state index is 12.2. The Hall–Kier alpha value is -1.61. The van der Waals surface area contributed by atoms with Gasteiger partial charge in [-0.05, 0) is 30.7 Å². The molecule has 1 saturated heterocycles. The fourth-order valence-electron chi connectivity index (χ4n) is 1.93. The van der Waals surface area contributed by atoms with E-state index < -0.39 is 11.0 Å². The molecule has 1 aromatic rings. The summed E-state index contributed by atoms with van der Waals surface area (Å²) in [5.41, 5.74) is 0.502. The van der Waals surface area contributed by atoms with Gasteiger partial charge < -0.3 is 10.6 Å². The van der Waals surface area contributed by atoms with Crippen LogP contribution in [0.5, 0.6) is 0 Å². The number of nitrogens with one attached hydrogen (secondary N) is 2. The predicted octanol–water partition coefficient (Wildman–Crippen LogP) is 3.33. The van der Waals surface area contributed by atoms with Crippen molar-refractivity contribution in [3.8, 4) is 0 Å². The number of benzene rings is 1. The SMILES string of the molecule is CCCN=C1NC(=O)[C@@H](CC(=O)Nc2ccc(SC(F)F)cc2)S1. The highest BCUT2D eigenvalue weighted by Gasteiger charge is 2.31. The zero-order chi connectivity index (χ0) is 17.5. The van der Waals surface area contributed by atoms with E-state index in [4.69, 9.17) is 0 Å². The minimum Gasteiger partial charge on any atom is -0.326 e. The smallest absolute Gasteiger partial charge is 0.288 e. The lowest BCUT2D eigenvalue weighted by Crippen LogP contribution is -2.28. The first kappa shape index (κ1) is 18.7. The maximum absolute atomic E-state index is 12.2. The third-order valence-electron chi connectivity index (χ3n) is 2.99. The van der Waals surface area contributed by atoms with Crippen molar-refractivity contribution in [2.24, 2.45) is 4.99 Å². The second-order valence-electron chi connectivity index (χ2n) is 4.94. The normalized spacial score (nSPS) is 18.9. The molecule has 2 N–H and O–H groups in total. The highest BCUT2D eigenvalue weighted by molar-refractivity contribution is 8.15. The molecule has 0 spiro atoms. The van der Waals surface area contributed by atoms with Gasteiger partial charge in [0.1, 0.15) is 5.25 Å². The second kappa shape index (κ2) is 9.03. The van der Waals surface area contributed by atoms with Gasteiger partial charge in [-0.2, -0.15) is 8.78 Å². The first-order chi connectivity index (χ1) is 11.5. The molecule has 1 atom stereocenters. The quantitative estimate of drug-likeness (QED) is 0.720. The maximum Gasteiger partial charge on any atom is 0.288 e. The number of thioether (sulfide) groups is 2. The number of amides is 2.